The molecule has 0 spiro atoms. The van der Waals surface area contributed by atoms with E-state index in [0.717, 1.165) is 57.9 Å². The number of anilines is 1. The van der Waals surface area contributed by atoms with Crippen LogP contribution in [0.5, 0.6) is 0 Å². The number of nitrogens with one attached hydrogen (secondary N) is 1. The van der Waals surface area contributed by atoms with Gasteiger partial charge < -0.3 is 14.8 Å². The van der Waals surface area contributed by atoms with Gasteiger partial charge in [-0.1, -0.05) is 0 Å². The second kappa shape index (κ2) is 6.48. The maximum atomic E-state index is 5.94. The summed E-state index contributed by atoms with van der Waals surface area (Å²) in [6.07, 6.45) is 3.39. The van der Waals surface area contributed by atoms with Gasteiger partial charge in [0, 0.05) is 37.6 Å². The molecule has 1 aliphatic rings. The maximum Gasteiger partial charge on any atom is 0.147 e. The van der Waals surface area contributed by atoms with E-state index in [-0.39, 0.29) is 5.60 Å². The second-order valence-electron chi connectivity index (χ2n) is 6.95. The van der Waals surface area contributed by atoms with E-state index in [1.807, 2.05) is 0 Å². The SMILES string of the molecule is COCCCNc1ncnc2c1sc1nc3c(cc12)COC(C)(C)C3. The van der Waals surface area contributed by atoms with Crippen LogP contribution in [0.1, 0.15) is 31.5 Å². The lowest BCUT2D eigenvalue weighted by molar-refractivity contribution is -0.0411. The Bertz CT molecular complexity index is 922. The zero-order chi connectivity index (χ0) is 17.4. The molecule has 0 aliphatic carbocycles. The predicted octanol–water partition coefficient (Wildman–Crippen LogP) is 3.54. The lowest BCUT2D eigenvalue weighted by Crippen LogP contribution is -2.32. The first-order valence-electron chi connectivity index (χ1n) is 8.50. The van der Waals surface area contributed by atoms with E-state index < -0.39 is 0 Å². The van der Waals surface area contributed by atoms with Crippen LogP contribution in [0.3, 0.4) is 0 Å². The van der Waals surface area contributed by atoms with E-state index in [9.17, 15) is 0 Å². The summed E-state index contributed by atoms with van der Waals surface area (Å²) in [6.45, 7) is 6.38. The first-order chi connectivity index (χ1) is 12.1. The highest BCUT2D eigenvalue weighted by molar-refractivity contribution is 7.25. The molecule has 0 bridgehead atoms. The van der Waals surface area contributed by atoms with Crippen molar-refractivity contribution in [2.75, 3.05) is 25.6 Å². The fourth-order valence-corrected chi connectivity index (χ4v) is 4.23. The number of hydrogen-bond donors (Lipinski definition) is 1. The number of aromatic nitrogens is 3. The molecule has 0 unspecified atom stereocenters. The van der Waals surface area contributed by atoms with Crippen LogP contribution in [0.2, 0.25) is 0 Å². The fourth-order valence-electron chi connectivity index (χ4n) is 3.13. The summed E-state index contributed by atoms with van der Waals surface area (Å²) in [5.74, 6) is 0.874. The summed E-state index contributed by atoms with van der Waals surface area (Å²) in [5.41, 5.74) is 3.11. The molecule has 0 radical (unpaired) electrons. The van der Waals surface area contributed by atoms with Gasteiger partial charge in [0.2, 0.25) is 0 Å². The largest absolute Gasteiger partial charge is 0.385 e. The van der Waals surface area contributed by atoms with Crippen molar-refractivity contribution >= 4 is 37.6 Å². The number of pyridine rings is 1. The van der Waals surface area contributed by atoms with Gasteiger partial charge in [0.1, 0.15) is 17.0 Å². The standard InChI is InChI=1S/C18H22N4O2S/c1-18(2)8-13-11(9-24-18)7-12-14-15(25-17(12)22-13)16(21-10-20-14)19-5-4-6-23-3/h7,10H,4-6,8-9H2,1-3H3,(H,19,20,21). The third-order valence-electron chi connectivity index (χ3n) is 4.44. The smallest absolute Gasteiger partial charge is 0.147 e. The van der Waals surface area contributed by atoms with Gasteiger partial charge >= 0.3 is 0 Å². The Kier molecular flexibility index (Phi) is 4.31. The van der Waals surface area contributed by atoms with Crippen LogP contribution >= 0.6 is 11.3 Å². The van der Waals surface area contributed by atoms with E-state index in [1.165, 1.54) is 5.56 Å². The Morgan fingerprint density at radius 2 is 2.24 bits per heavy atom. The quantitative estimate of drug-likeness (QED) is 0.704. The van der Waals surface area contributed by atoms with Crippen molar-refractivity contribution in [3.05, 3.63) is 23.7 Å². The number of ether oxygens (including phenoxy) is 2. The summed E-state index contributed by atoms with van der Waals surface area (Å²) >= 11 is 1.65. The molecule has 1 N–H and O–H groups in total. The van der Waals surface area contributed by atoms with Crippen molar-refractivity contribution in [2.24, 2.45) is 0 Å². The van der Waals surface area contributed by atoms with Crippen molar-refractivity contribution in [2.45, 2.75) is 38.9 Å². The molecular formula is C18H22N4O2S. The molecule has 3 aromatic rings. The van der Waals surface area contributed by atoms with E-state index >= 15 is 0 Å². The van der Waals surface area contributed by atoms with Crippen molar-refractivity contribution in [1.82, 2.24) is 15.0 Å². The van der Waals surface area contributed by atoms with Crippen LogP contribution in [0.25, 0.3) is 20.4 Å². The normalized spacial score (nSPS) is 16.3. The molecule has 6 nitrogen and oxygen atoms in total. The Balaban J connectivity index is 1.74. The topological polar surface area (TPSA) is 69.2 Å². The molecule has 0 atom stereocenters. The minimum atomic E-state index is -0.155. The predicted molar refractivity (Wildman–Crippen MR) is 100 cm³/mol. The molecule has 132 valence electrons. The molecule has 0 saturated heterocycles. The van der Waals surface area contributed by atoms with Gasteiger partial charge in [0.15, 0.2) is 0 Å². The van der Waals surface area contributed by atoms with Crippen LogP contribution < -0.4 is 5.32 Å². The molecule has 0 amide bonds. The molecule has 25 heavy (non-hydrogen) atoms. The van der Waals surface area contributed by atoms with Crippen molar-refractivity contribution in [1.29, 1.82) is 0 Å². The monoisotopic (exact) mass is 358 g/mol. The van der Waals surface area contributed by atoms with Gasteiger partial charge in [0.25, 0.3) is 0 Å². The number of methoxy groups -OCH3 is 1. The average molecular weight is 358 g/mol. The molecule has 4 rings (SSSR count). The minimum Gasteiger partial charge on any atom is -0.385 e. The van der Waals surface area contributed by atoms with Gasteiger partial charge in [-0.25, -0.2) is 15.0 Å². The van der Waals surface area contributed by atoms with E-state index in [0.29, 0.717) is 6.61 Å². The molecule has 0 fully saturated rings. The Hall–Kier alpha value is -1.83. The number of rotatable bonds is 5. The van der Waals surface area contributed by atoms with Crippen LogP contribution in [-0.4, -0.2) is 40.8 Å². The average Bonchev–Trinajstić information content (AvgIpc) is 2.94. The highest BCUT2D eigenvalue weighted by Crippen LogP contribution is 2.37. The lowest BCUT2D eigenvalue weighted by Gasteiger charge is -2.30. The Morgan fingerprint density at radius 3 is 3.08 bits per heavy atom. The molecule has 7 heteroatoms. The summed E-state index contributed by atoms with van der Waals surface area (Å²) in [7, 11) is 1.72. The van der Waals surface area contributed by atoms with Gasteiger partial charge in [0.05, 0.1) is 28.1 Å². The molecular weight excluding hydrogens is 336 g/mol. The van der Waals surface area contributed by atoms with Gasteiger partial charge in [-0.15, -0.1) is 11.3 Å². The number of fused-ring (bicyclic) bond motifs is 4. The first kappa shape index (κ1) is 16.6. The first-order valence-corrected chi connectivity index (χ1v) is 9.32. The van der Waals surface area contributed by atoms with E-state index in [4.69, 9.17) is 14.5 Å². The highest BCUT2D eigenvalue weighted by Gasteiger charge is 2.28. The Morgan fingerprint density at radius 1 is 1.36 bits per heavy atom. The highest BCUT2D eigenvalue weighted by atomic mass is 32.1. The van der Waals surface area contributed by atoms with Crippen molar-refractivity contribution < 1.29 is 9.47 Å². The van der Waals surface area contributed by atoms with Crippen LogP contribution in [0.15, 0.2) is 12.4 Å². The van der Waals surface area contributed by atoms with Gasteiger partial charge in [-0.3, -0.25) is 0 Å². The lowest BCUT2D eigenvalue weighted by atomic mass is 9.95. The van der Waals surface area contributed by atoms with Crippen molar-refractivity contribution in [3.63, 3.8) is 0 Å². The molecule has 4 heterocycles. The number of nitrogens with zero attached hydrogens (tertiary/aromatic N) is 3. The third kappa shape index (κ3) is 3.19. The van der Waals surface area contributed by atoms with Crippen molar-refractivity contribution in [3.8, 4) is 0 Å². The molecule has 1 aliphatic heterocycles. The molecule has 0 saturated carbocycles. The molecule has 3 aromatic heterocycles. The summed E-state index contributed by atoms with van der Waals surface area (Å²) in [5, 5.41) is 4.48. The summed E-state index contributed by atoms with van der Waals surface area (Å²) in [6, 6.07) is 2.19. The zero-order valence-corrected chi connectivity index (χ0v) is 15.6. The fraction of sp³-hybridized carbons (Fsp3) is 0.500. The Labute approximate surface area is 150 Å². The molecule has 0 aromatic carbocycles. The van der Waals surface area contributed by atoms with Crippen LogP contribution in [0, 0.1) is 0 Å². The summed E-state index contributed by atoms with van der Waals surface area (Å²) < 4.78 is 12.1. The number of hydrogen-bond acceptors (Lipinski definition) is 7. The maximum absolute atomic E-state index is 5.94. The number of thiophene rings is 1. The van der Waals surface area contributed by atoms with Crippen LogP contribution in [0.4, 0.5) is 5.82 Å². The summed E-state index contributed by atoms with van der Waals surface area (Å²) in [4.78, 5) is 14.9. The van der Waals surface area contributed by atoms with E-state index in [2.05, 4.69) is 35.2 Å². The minimum absolute atomic E-state index is 0.155. The second-order valence-corrected chi connectivity index (χ2v) is 7.95. The van der Waals surface area contributed by atoms with Crippen LogP contribution in [-0.2, 0) is 22.5 Å². The van der Waals surface area contributed by atoms with Gasteiger partial charge in [-0.2, -0.15) is 0 Å². The van der Waals surface area contributed by atoms with E-state index in [1.54, 1.807) is 24.8 Å². The van der Waals surface area contributed by atoms with Gasteiger partial charge in [-0.05, 0) is 26.3 Å². The zero-order valence-electron chi connectivity index (χ0n) is 14.8. The third-order valence-corrected chi connectivity index (χ3v) is 5.54.